The van der Waals surface area contributed by atoms with E-state index >= 15 is 0 Å². The molecule has 0 aromatic carbocycles. The number of hydrogen-bond donors (Lipinski definition) is 1. The summed E-state index contributed by atoms with van der Waals surface area (Å²) in [6, 6.07) is 0. The molecule has 0 aromatic heterocycles. The Morgan fingerprint density at radius 1 is 0.537 bits per heavy atom. The van der Waals surface area contributed by atoms with E-state index in [9.17, 15) is 19.2 Å². The highest BCUT2D eigenvalue weighted by Crippen LogP contribution is 2.14. The Labute approximate surface area is 246 Å². The summed E-state index contributed by atoms with van der Waals surface area (Å²) < 4.78 is 32.1. The molecule has 0 aliphatic carbocycles. The first-order chi connectivity index (χ1) is 19.7. The Balaban J connectivity index is 3.37. The highest BCUT2D eigenvalue weighted by molar-refractivity contribution is 5.84. The molecule has 0 spiro atoms. The number of amides is 1. The number of hydrogen-bond acceptors (Lipinski definition) is 10. The Morgan fingerprint density at radius 2 is 1.02 bits per heavy atom. The smallest absolute Gasteiger partial charge is 0.246 e. The molecule has 41 heavy (non-hydrogen) atoms. The lowest BCUT2D eigenvalue weighted by Crippen LogP contribution is -2.31. The minimum atomic E-state index is -0.404. The van der Waals surface area contributed by atoms with Gasteiger partial charge in [0.1, 0.15) is 25.6 Å². The average Bonchev–Trinajstić information content (AvgIpc) is 2.92. The molecule has 0 heterocycles. The summed E-state index contributed by atoms with van der Waals surface area (Å²) >= 11 is 0. The number of carbonyl (C=O) groups excluding carboxylic acids is 4. The van der Waals surface area contributed by atoms with E-state index in [4.69, 9.17) is 28.4 Å². The van der Waals surface area contributed by atoms with Gasteiger partial charge < -0.3 is 33.7 Å². The standard InChI is InChI=1S/C30H55NO10/c1-5-6-7-10-26(32)11-8-14-36-18-22-41-25-29(35)31-13-16-38-19-20-39-23-27(33)12-9-15-37-17-21-40-24-28(34)30(2,3)4/h5-25H2,1-4H3,(H,31,35). The normalized spacial score (nSPS) is 11.5. The van der Waals surface area contributed by atoms with Crippen molar-refractivity contribution in [2.75, 3.05) is 85.8 Å². The third-order valence-electron chi connectivity index (χ3n) is 5.80. The second-order valence-corrected chi connectivity index (χ2v) is 10.8. The zero-order valence-corrected chi connectivity index (χ0v) is 25.9. The van der Waals surface area contributed by atoms with Crippen LogP contribution in [0.5, 0.6) is 0 Å². The number of ether oxygens (including phenoxy) is 6. The highest BCUT2D eigenvalue weighted by Gasteiger charge is 2.20. The summed E-state index contributed by atoms with van der Waals surface area (Å²) in [5.74, 6) is 0.0996. The molecule has 0 aliphatic heterocycles. The van der Waals surface area contributed by atoms with Crippen molar-refractivity contribution in [1.29, 1.82) is 0 Å². The van der Waals surface area contributed by atoms with Gasteiger partial charge in [0.2, 0.25) is 5.91 Å². The molecule has 0 saturated heterocycles. The summed E-state index contributed by atoms with van der Waals surface area (Å²) in [4.78, 5) is 47.0. The molecule has 0 radical (unpaired) electrons. The molecule has 0 rings (SSSR count). The van der Waals surface area contributed by atoms with Crippen LogP contribution in [0.15, 0.2) is 0 Å². The lowest BCUT2D eigenvalue weighted by Gasteiger charge is -2.16. The summed E-state index contributed by atoms with van der Waals surface area (Å²) in [5.41, 5.74) is -0.404. The molecule has 0 unspecified atom stereocenters. The topological polar surface area (TPSA) is 136 Å². The third kappa shape index (κ3) is 28.1. The van der Waals surface area contributed by atoms with Gasteiger partial charge in [0.15, 0.2) is 11.6 Å². The van der Waals surface area contributed by atoms with Crippen molar-refractivity contribution in [2.24, 2.45) is 5.41 Å². The number of unbranched alkanes of at least 4 members (excludes halogenated alkanes) is 2. The van der Waals surface area contributed by atoms with Gasteiger partial charge in [-0.1, -0.05) is 40.5 Å². The number of ketones is 3. The van der Waals surface area contributed by atoms with Crippen molar-refractivity contribution < 1.29 is 47.6 Å². The van der Waals surface area contributed by atoms with Gasteiger partial charge in [-0.3, -0.25) is 19.2 Å². The van der Waals surface area contributed by atoms with Crippen molar-refractivity contribution in [1.82, 2.24) is 5.32 Å². The fraction of sp³-hybridized carbons (Fsp3) is 0.867. The Kier molecular flexibility index (Phi) is 25.9. The SMILES string of the molecule is CCCCCC(=O)CCCOCCOCC(=O)NCCOCCOCC(=O)CCCOCCOCC(=O)C(C)(C)C. The second-order valence-electron chi connectivity index (χ2n) is 10.8. The van der Waals surface area contributed by atoms with E-state index in [2.05, 4.69) is 12.2 Å². The van der Waals surface area contributed by atoms with Crippen molar-refractivity contribution in [3.05, 3.63) is 0 Å². The molecule has 0 atom stereocenters. The minimum Gasteiger partial charge on any atom is -0.379 e. The van der Waals surface area contributed by atoms with Gasteiger partial charge in [-0.2, -0.15) is 0 Å². The van der Waals surface area contributed by atoms with Crippen molar-refractivity contribution in [3.63, 3.8) is 0 Å². The van der Waals surface area contributed by atoms with E-state index in [0.717, 1.165) is 19.3 Å². The lowest BCUT2D eigenvalue weighted by atomic mass is 9.91. The molecule has 11 heteroatoms. The van der Waals surface area contributed by atoms with Gasteiger partial charge >= 0.3 is 0 Å². The summed E-state index contributed by atoms with van der Waals surface area (Å²) in [5, 5.41) is 2.69. The van der Waals surface area contributed by atoms with Crippen LogP contribution in [0.4, 0.5) is 0 Å². The van der Waals surface area contributed by atoms with E-state index < -0.39 is 5.41 Å². The third-order valence-corrected chi connectivity index (χ3v) is 5.80. The maximum absolute atomic E-state index is 11.8. The molecule has 11 nitrogen and oxygen atoms in total. The quantitative estimate of drug-likeness (QED) is 0.125. The Morgan fingerprint density at radius 3 is 1.61 bits per heavy atom. The summed E-state index contributed by atoms with van der Waals surface area (Å²) in [7, 11) is 0. The number of nitrogens with one attached hydrogen (secondary N) is 1. The minimum absolute atomic E-state index is 0.00815. The van der Waals surface area contributed by atoms with Crippen molar-refractivity contribution in [2.45, 2.75) is 79.1 Å². The monoisotopic (exact) mass is 589 g/mol. The van der Waals surface area contributed by atoms with Crippen LogP contribution in [0.2, 0.25) is 0 Å². The maximum atomic E-state index is 11.8. The fourth-order valence-corrected chi connectivity index (χ4v) is 3.22. The summed E-state index contributed by atoms with van der Waals surface area (Å²) in [6.07, 6.45) is 6.06. The van der Waals surface area contributed by atoms with Gasteiger partial charge in [-0.05, 0) is 19.3 Å². The fourth-order valence-electron chi connectivity index (χ4n) is 3.22. The molecule has 1 N–H and O–H groups in total. The lowest BCUT2D eigenvalue weighted by molar-refractivity contribution is -0.131. The van der Waals surface area contributed by atoms with E-state index in [-0.39, 0.29) is 43.9 Å². The van der Waals surface area contributed by atoms with Crippen molar-refractivity contribution in [3.8, 4) is 0 Å². The van der Waals surface area contributed by atoms with Crippen molar-refractivity contribution >= 4 is 23.3 Å². The van der Waals surface area contributed by atoms with Crippen LogP contribution in [0.3, 0.4) is 0 Å². The first-order valence-electron chi connectivity index (χ1n) is 15.0. The first kappa shape index (κ1) is 39.2. The predicted octanol–water partition coefficient (Wildman–Crippen LogP) is 3.10. The molecule has 0 aromatic rings. The van der Waals surface area contributed by atoms with Crippen LogP contribution in [0.1, 0.15) is 79.1 Å². The van der Waals surface area contributed by atoms with Gasteiger partial charge in [-0.25, -0.2) is 0 Å². The van der Waals surface area contributed by atoms with Gasteiger partial charge in [-0.15, -0.1) is 0 Å². The van der Waals surface area contributed by atoms with Crippen LogP contribution < -0.4 is 5.32 Å². The maximum Gasteiger partial charge on any atom is 0.246 e. The number of rotatable bonds is 30. The summed E-state index contributed by atoms with van der Waals surface area (Å²) in [6.45, 7) is 11.4. The molecule has 0 aliphatic rings. The molecule has 0 fully saturated rings. The molecular formula is C30H55NO10. The van der Waals surface area contributed by atoms with Gasteiger partial charge in [0, 0.05) is 44.4 Å². The number of Topliss-reactive ketones (excluding diaryl/α,β-unsaturated/α-hetero) is 3. The van der Waals surface area contributed by atoms with Crippen LogP contribution >= 0.6 is 0 Å². The first-order valence-corrected chi connectivity index (χ1v) is 15.0. The highest BCUT2D eigenvalue weighted by atomic mass is 16.5. The van der Waals surface area contributed by atoms with E-state index in [0.29, 0.717) is 97.3 Å². The van der Waals surface area contributed by atoms with E-state index in [1.54, 1.807) is 0 Å². The van der Waals surface area contributed by atoms with Crippen LogP contribution in [0.25, 0.3) is 0 Å². The largest absolute Gasteiger partial charge is 0.379 e. The van der Waals surface area contributed by atoms with Crippen LogP contribution in [-0.4, -0.2) is 109 Å². The van der Waals surface area contributed by atoms with E-state index in [1.165, 1.54) is 0 Å². The average molecular weight is 590 g/mol. The molecule has 0 saturated carbocycles. The zero-order chi connectivity index (χ0) is 30.6. The van der Waals surface area contributed by atoms with Crippen LogP contribution in [0, 0.1) is 5.41 Å². The molecular weight excluding hydrogens is 534 g/mol. The Hall–Kier alpha value is -1.76. The number of carbonyl (C=O) groups is 4. The van der Waals surface area contributed by atoms with E-state index in [1.807, 2.05) is 20.8 Å². The Bertz CT molecular complexity index is 693. The second kappa shape index (κ2) is 27.1. The van der Waals surface area contributed by atoms with Gasteiger partial charge in [0.05, 0.1) is 46.2 Å². The van der Waals surface area contributed by atoms with Gasteiger partial charge in [0.25, 0.3) is 0 Å². The zero-order valence-electron chi connectivity index (χ0n) is 25.9. The molecule has 0 bridgehead atoms. The molecule has 1 amide bonds. The molecule has 240 valence electrons. The van der Waals surface area contributed by atoms with Crippen LogP contribution in [-0.2, 0) is 47.6 Å². The predicted molar refractivity (Wildman–Crippen MR) is 155 cm³/mol.